The summed E-state index contributed by atoms with van der Waals surface area (Å²) in [7, 11) is 1.62. The Hall–Kier alpha value is -3.13. The minimum absolute atomic E-state index is 0.455. The number of aromatic nitrogens is 3. The van der Waals surface area contributed by atoms with Gasteiger partial charge in [-0.2, -0.15) is 4.98 Å². The maximum atomic E-state index is 12.2. The van der Waals surface area contributed by atoms with E-state index in [-0.39, 0.29) is 0 Å². The van der Waals surface area contributed by atoms with Crippen molar-refractivity contribution in [1.29, 1.82) is 0 Å². The van der Waals surface area contributed by atoms with E-state index < -0.39 is 11.9 Å². The first-order valence-corrected chi connectivity index (χ1v) is 9.41. The van der Waals surface area contributed by atoms with Gasteiger partial charge in [0, 0.05) is 15.7 Å². The second kappa shape index (κ2) is 7.12. The highest BCUT2D eigenvalue weighted by molar-refractivity contribution is 9.10. The molecule has 1 atom stereocenters. The average Bonchev–Trinajstić information content (AvgIpc) is 3.10. The Morgan fingerprint density at radius 1 is 1.25 bits per heavy atom. The SMILES string of the molecule is COc1ccc(-c2nc3n(n2)C(c2cccc(Br)c2)C(C(N)=O)=C(C)N3)cc1. The predicted octanol–water partition coefficient (Wildman–Crippen LogP) is 3.49. The van der Waals surface area contributed by atoms with Gasteiger partial charge in [-0.3, -0.25) is 4.79 Å². The Bertz CT molecular complexity index is 1090. The molecule has 2 heterocycles. The maximum Gasteiger partial charge on any atom is 0.248 e. The lowest BCUT2D eigenvalue weighted by Crippen LogP contribution is -2.31. The van der Waals surface area contributed by atoms with E-state index in [1.807, 2.05) is 55.5 Å². The van der Waals surface area contributed by atoms with Crippen molar-refractivity contribution in [1.82, 2.24) is 14.8 Å². The first kappa shape index (κ1) is 18.2. The number of methoxy groups -OCH3 is 1. The molecule has 8 heteroatoms. The van der Waals surface area contributed by atoms with Crippen LogP contribution in [0.5, 0.6) is 5.75 Å². The molecule has 2 aromatic carbocycles. The highest BCUT2D eigenvalue weighted by Gasteiger charge is 2.33. The van der Waals surface area contributed by atoms with Crippen molar-refractivity contribution in [3.05, 3.63) is 69.8 Å². The molecule has 0 saturated carbocycles. The summed E-state index contributed by atoms with van der Waals surface area (Å²) in [5, 5.41) is 7.83. The quantitative estimate of drug-likeness (QED) is 0.648. The first-order chi connectivity index (χ1) is 13.5. The molecule has 142 valence electrons. The van der Waals surface area contributed by atoms with Crippen LogP contribution >= 0.6 is 15.9 Å². The monoisotopic (exact) mass is 439 g/mol. The second-order valence-corrected chi connectivity index (χ2v) is 7.33. The zero-order valence-corrected chi connectivity index (χ0v) is 16.9. The Balaban J connectivity index is 1.85. The van der Waals surface area contributed by atoms with Crippen LogP contribution in [0.2, 0.25) is 0 Å². The topological polar surface area (TPSA) is 95.1 Å². The Morgan fingerprint density at radius 3 is 2.64 bits per heavy atom. The number of allylic oxidation sites excluding steroid dienone is 1. The summed E-state index contributed by atoms with van der Waals surface area (Å²) in [5.41, 5.74) is 8.56. The molecule has 1 aromatic heterocycles. The van der Waals surface area contributed by atoms with Crippen molar-refractivity contribution in [2.75, 3.05) is 12.4 Å². The molecule has 0 fully saturated rings. The van der Waals surface area contributed by atoms with Crippen molar-refractivity contribution in [3.63, 3.8) is 0 Å². The van der Waals surface area contributed by atoms with E-state index in [1.54, 1.807) is 11.8 Å². The van der Waals surface area contributed by atoms with Crippen LogP contribution in [0.15, 0.2) is 64.3 Å². The van der Waals surface area contributed by atoms with Crippen LogP contribution in [0.3, 0.4) is 0 Å². The van der Waals surface area contributed by atoms with E-state index in [9.17, 15) is 4.79 Å². The lowest BCUT2D eigenvalue weighted by molar-refractivity contribution is -0.115. The number of rotatable bonds is 4. The highest BCUT2D eigenvalue weighted by Crippen LogP contribution is 2.36. The number of hydrogen-bond acceptors (Lipinski definition) is 5. The fourth-order valence-corrected chi connectivity index (χ4v) is 3.73. The minimum atomic E-state index is -0.498. The molecule has 0 aliphatic carbocycles. The molecule has 1 amide bonds. The number of carbonyl (C=O) groups excluding carboxylic acids is 1. The summed E-state index contributed by atoms with van der Waals surface area (Å²) in [6, 6.07) is 14.8. The Morgan fingerprint density at radius 2 is 2.00 bits per heavy atom. The zero-order valence-electron chi connectivity index (χ0n) is 15.3. The van der Waals surface area contributed by atoms with Gasteiger partial charge in [-0.05, 0) is 48.9 Å². The third-order valence-electron chi connectivity index (χ3n) is 4.63. The van der Waals surface area contributed by atoms with Crippen molar-refractivity contribution in [3.8, 4) is 17.1 Å². The van der Waals surface area contributed by atoms with E-state index in [2.05, 4.69) is 31.3 Å². The number of carbonyl (C=O) groups is 1. The van der Waals surface area contributed by atoms with Gasteiger partial charge in [0.2, 0.25) is 11.9 Å². The van der Waals surface area contributed by atoms with Crippen LogP contribution in [0.4, 0.5) is 5.95 Å². The molecule has 28 heavy (non-hydrogen) atoms. The van der Waals surface area contributed by atoms with Crippen molar-refractivity contribution in [2.45, 2.75) is 13.0 Å². The number of amides is 1. The third-order valence-corrected chi connectivity index (χ3v) is 5.12. The molecule has 1 aliphatic heterocycles. The summed E-state index contributed by atoms with van der Waals surface area (Å²) in [5.74, 6) is 1.36. The summed E-state index contributed by atoms with van der Waals surface area (Å²) in [6.07, 6.45) is 0. The lowest BCUT2D eigenvalue weighted by Gasteiger charge is -2.27. The van der Waals surface area contributed by atoms with Gasteiger partial charge in [-0.1, -0.05) is 28.1 Å². The van der Waals surface area contributed by atoms with Gasteiger partial charge in [0.15, 0.2) is 5.82 Å². The average molecular weight is 440 g/mol. The summed E-state index contributed by atoms with van der Waals surface area (Å²) >= 11 is 3.49. The minimum Gasteiger partial charge on any atom is -0.497 e. The third kappa shape index (κ3) is 3.16. The fraction of sp³-hybridized carbons (Fsp3) is 0.150. The van der Waals surface area contributed by atoms with E-state index in [4.69, 9.17) is 10.5 Å². The van der Waals surface area contributed by atoms with Gasteiger partial charge in [0.05, 0.1) is 12.7 Å². The molecule has 7 nitrogen and oxygen atoms in total. The molecule has 0 radical (unpaired) electrons. The maximum absolute atomic E-state index is 12.2. The van der Waals surface area contributed by atoms with Crippen LogP contribution in [-0.4, -0.2) is 27.8 Å². The summed E-state index contributed by atoms with van der Waals surface area (Å²) in [6.45, 7) is 1.82. The zero-order chi connectivity index (χ0) is 19.8. The summed E-state index contributed by atoms with van der Waals surface area (Å²) in [4.78, 5) is 16.8. The first-order valence-electron chi connectivity index (χ1n) is 8.62. The number of nitrogens with zero attached hydrogens (tertiary/aromatic N) is 3. The number of hydrogen-bond donors (Lipinski definition) is 2. The molecule has 3 aromatic rings. The normalized spacial score (nSPS) is 15.8. The van der Waals surface area contributed by atoms with Crippen LogP contribution in [0, 0.1) is 0 Å². The number of nitrogens with one attached hydrogen (secondary N) is 1. The Kier molecular flexibility index (Phi) is 4.64. The number of nitrogens with two attached hydrogens (primary N) is 1. The van der Waals surface area contributed by atoms with Crippen molar-refractivity contribution < 1.29 is 9.53 Å². The molecular formula is C20H18BrN5O2. The van der Waals surface area contributed by atoms with Gasteiger partial charge < -0.3 is 15.8 Å². The molecule has 1 unspecified atom stereocenters. The van der Waals surface area contributed by atoms with Crippen LogP contribution < -0.4 is 15.8 Å². The van der Waals surface area contributed by atoms with Gasteiger partial charge in [-0.25, -0.2) is 4.68 Å². The van der Waals surface area contributed by atoms with E-state index in [0.717, 1.165) is 21.3 Å². The number of halogens is 1. The lowest BCUT2D eigenvalue weighted by atomic mass is 9.95. The van der Waals surface area contributed by atoms with Crippen molar-refractivity contribution >= 4 is 27.8 Å². The number of benzene rings is 2. The summed E-state index contributed by atoms with van der Waals surface area (Å²) < 4.78 is 7.81. The molecule has 4 rings (SSSR count). The van der Waals surface area contributed by atoms with Gasteiger partial charge in [-0.15, -0.1) is 5.10 Å². The van der Waals surface area contributed by atoms with Gasteiger partial charge in [0.1, 0.15) is 11.8 Å². The number of ether oxygens (including phenoxy) is 1. The van der Waals surface area contributed by atoms with E-state index in [1.165, 1.54) is 0 Å². The largest absolute Gasteiger partial charge is 0.497 e. The molecule has 3 N–H and O–H groups in total. The molecule has 0 spiro atoms. The number of anilines is 1. The van der Waals surface area contributed by atoms with Gasteiger partial charge in [0.25, 0.3) is 0 Å². The van der Waals surface area contributed by atoms with Crippen molar-refractivity contribution in [2.24, 2.45) is 5.73 Å². The Labute approximate surface area is 170 Å². The van der Waals surface area contributed by atoms with Crippen LogP contribution in [0.1, 0.15) is 18.5 Å². The van der Waals surface area contributed by atoms with Gasteiger partial charge >= 0.3 is 0 Å². The van der Waals surface area contributed by atoms with Crippen LogP contribution in [-0.2, 0) is 4.79 Å². The molecular weight excluding hydrogens is 422 g/mol. The number of primary amides is 1. The van der Waals surface area contributed by atoms with E-state index in [0.29, 0.717) is 23.0 Å². The standard InChI is InChI=1S/C20H18BrN5O2/c1-11-16(18(22)27)17(13-4-3-5-14(21)10-13)26-20(23-11)24-19(25-26)12-6-8-15(28-2)9-7-12/h3-10,17H,1-2H3,(H2,22,27)(H,23,24,25). The predicted molar refractivity (Wildman–Crippen MR) is 110 cm³/mol. The fourth-order valence-electron chi connectivity index (χ4n) is 3.32. The van der Waals surface area contributed by atoms with E-state index >= 15 is 0 Å². The number of fused-ring (bicyclic) bond motifs is 1. The smallest absolute Gasteiger partial charge is 0.248 e. The molecule has 0 bridgehead atoms. The van der Waals surface area contributed by atoms with Crippen LogP contribution in [0.25, 0.3) is 11.4 Å². The highest BCUT2D eigenvalue weighted by atomic mass is 79.9. The molecule has 1 aliphatic rings. The second-order valence-electron chi connectivity index (χ2n) is 6.42. The molecule has 0 saturated heterocycles.